The zero-order chi connectivity index (χ0) is 12.8. The summed E-state index contributed by atoms with van der Waals surface area (Å²) in [5.74, 6) is 1.09. The van der Waals surface area contributed by atoms with Gasteiger partial charge in [0.05, 0.1) is 0 Å². The lowest BCUT2D eigenvalue weighted by molar-refractivity contribution is -0.126. The molecule has 0 aliphatic carbocycles. The third-order valence-electron chi connectivity index (χ3n) is 2.38. The normalized spacial score (nSPS) is 14.6. The van der Waals surface area contributed by atoms with Gasteiger partial charge in [-0.25, -0.2) is 0 Å². The van der Waals surface area contributed by atoms with E-state index in [9.17, 15) is 4.79 Å². The molecule has 0 aliphatic heterocycles. The van der Waals surface area contributed by atoms with E-state index in [-0.39, 0.29) is 11.7 Å². The first-order valence-corrected chi connectivity index (χ1v) is 6.50. The maximum atomic E-state index is 11.8. The van der Waals surface area contributed by atoms with E-state index >= 15 is 0 Å². The van der Waals surface area contributed by atoms with Gasteiger partial charge in [0.25, 0.3) is 0 Å². The van der Waals surface area contributed by atoms with E-state index in [0.29, 0.717) is 12.5 Å². The Balaban J connectivity index is 4.26. The van der Waals surface area contributed by atoms with E-state index in [0.717, 1.165) is 5.75 Å². The molecule has 0 bridgehead atoms. The zero-order valence-electron chi connectivity index (χ0n) is 10.3. The molecule has 0 saturated carbocycles. The molecule has 0 aromatic carbocycles. The topological polar surface area (TPSA) is 87.7 Å². The first-order valence-electron chi connectivity index (χ1n) is 5.11. The van der Waals surface area contributed by atoms with E-state index in [1.54, 1.807) is 25.6 Å². The summed E-state index contributed by atoms with van der Waals surface area (Å²) in [4.78, 5) is 11.8. The van der Waals surface area contributed by atoms with Crippen LogP contribution in [0.2, 0.25) is 0 Å². The van der Waals surface area contributed by atoms with Crippen LogP contribution >= 0.6 is 11.8 Å². The molecule has 0 radical (unpaired) electrons. The van der Waals surface area contributed by atoms with E-state index in [2.05, 4.69) is 17.4 Å². The lowest BCUT2D eigenvalue weighted by Gasteiger charge is -2.22. The zero-order valence-corrected chi connectivity index (χ0v) is 11.1. The Morgan fingerprint density at radius 2 is 2.19 bits per heavy atom. The molecule has 1 atom stereocenters. The quantitative estimate of drug-likeness (QED) is 0.281. The van der Waals surface area contributed by atoms with Crippen molar-refractivity contribution in [3.8, 4) is 0 Å². The van der Waals surface area contributed by atoms with Crippen molar-refractivity contribution in [2.24, 2.45) is 22.2 Å². The largest absolute Gasteiger partial charge is 0.409 e. The number of hydrogen-bond donors (Lipinski definition) is 3. The number of hydrogen-bond acceptors (Lipinski definition) is 4. The lowest BCUT2D eigenvalue weighted by atomic mass is 9.91. The Labute approximate surface area is 101 Å². The molecule has 0 fully saturated rings. The first-order chi connectivity index (χ1) is 7.36. The average Bonchev–Trinajstić information content (AvgIpc) is 2.24. The van der Waals surface area contributed by atoms with Crippen LogP contribution in [0.3, 0.4) is 0 Å². The Kier molecular flexibility index (Phi) is 6.25. The molecular formula is C10H21N3O2S. The summed E-state index contributed by atoms with van der Waals surface area (Å²) >= 11 is 1.74. The van der Waals surface area contributed by atoms with Crippen LogP contribution in [-0.2, 0) is 4.79 Å². The molecule has 0 aromatic heterocycles. The summed E-state index contributed by atoms with van der Waals surface area (Å²) in [6.07, 6.45) is 2.03. The maximum absolute atomic E-state index is 11.8. The number of nitrogens with one attached hydrogen (secondary N) is 1. The van der Waals surface area contributed by atoms with Gasteiger partial charge in [-0.05, 0) is 31.8 Å². The van der Waals surface area contributed by atoms with E-state index < -0.39 is 5.41 Å². The molecule has 4 N–H and O–H groups in total. The van der Waals surface area contributed by atoms with Crippen molar-refractivity contribution < 1.29 is 10.0 Å². The SMILES string of the molecule is CSCC(C)CNC(=O)C(C)(C)C(N)=NO. The molecule has 1 amide bonds. The second-order valence-corrected chi connectivity index (χ2v) is 5.29. The number of nitrogens with zero attached hydrogens (tertiary/aromatic N) is 1. The van der Waals surface area contributed by atoms with Crippen molar-refractivity contribution in [3.63, 3.8) is 0 Å². The highest BCUT2D eigenvalue weighted by Gasteiger charge is 2.32. The fourth-order valence-electron chi connectivity index (χ4n) is 1.07. The van der Waals surface area contributed by atoms with Crippen molar-refractivity contribution >= 4 is 23.5 Å². The monoisotopic (exact) mass is 247 g/mol. The average molecular weight is 247 g/mol. The van der Waals surface area contributed by atoms with Gasteiger partial charge in [0, 0.05) is 6.54 Å². The molecule has 6 heteroatoms. The van der Waals surface area contributed by atoms with Gasteiger partial charge in [0.1, 0.15) is 5.41 Å². The van der Waals surface area contributed by atoms with Crippen LogP contribution in [-0.4, -0.2) is 35.5 Å². The summed E-state index contributed by atoms with van der Waals surface area (Å²) < 4.78 is 0. The molecule has 0 aromatic rings. The molecule has 16 heavy (non-hydrogen) atoms. The lowest BCUT2D eigenvalue weighted by Crippen LogP contribution is -2.47. The van der Waals surface area contributed by atoms with Gasteiger partial charge in [0.15, 0.2) is 5.84 Å². The predicted molar refractivity (Wildman–Crippen MR) is 67.7 cm³/mol. The first kappa shape index (κ1) is 15.1. The summed E-state index contributed by atoms with van der Waals surface area (Å²) in [5, 5.41) is 14.2. The molecule has 94 valence electrons. The molecule has 1 unspecified atom stereocenters. The van der Waals surface area contributed by atoms with Crippen LogP contribution in [0.1, 0.15) is 20.8 Å². The summed E-state index contributed by atoms with van der Waals surface area (Å²) in [7, 11) is 0. The third-order valence-corrected chi connectivity index (χ3v) is 3.28. The molecule has 5 nitrogen and oxygen atoms in total. The van der Waals surface area contributed by atoms with Gasteiger partial charge in [-0.3, -0.25) is 4.79 Å². The fourth-order valence-corrected chi connectivity index (χ4v) is 1.76. The van der Waals surface area contributed by atoms with Gasteiger partial charge in [0.2, 0.25) is 5.91 Å². The Bertz CT molecular complexity index is 267. The standard InChI is InChI=1S/C10H21N3O2S/c1-7(6-16-4)5-12-9(14)10(2,3)8(11)13-15/h7,15H,5-6H2,1-4H3,(H2,11,13)(H,12,14). The number of carbonyl (C=O) groups is 1. The molecular weight excluding hydrogens is 226 g/mol. The summed E-state index contributed by atoms with van der Waals surface area (Å²) in [5.41, 5.74) is 4.47. The van der Waals surface area contributed by atoms with Crippen molar-refractivity contribution in [2.45, 2.75) is 20.8 Å². The third kappa shape index (κ3) is 4.30. The summed E-state index contributed by atoms with van der Waals surface area (Å²) in [6.45, 7) is 5.91. The molecule has 0 aliphatic rings. The Morgan fingerprint density at radius 1 is 1.62 bits per heavy atom. The van der Waals surface area contributed by atoms with Crippen molar-refractivity contribution in [3.05, 3.63) is 0 Å². The number of thioether (sulfide) groups is 1. The minimum absolute atomic E-state index is 0.0810. The Morgan fingerprint density at radius 3 is 2.62 bits per heavy atom. The number of amidine groups is 1. The van der Waals surface area contributed by atoms with Gasteiger partial charge >= 0.3 is 0 Å². The van der Waals surface area contributed by atoms with Crippen LogP contribution in [0.5, 0.6) is 0 Å². The van der Waals surface area contributed by atoms with Crippen LogP contribution in [0, 0.1) is 11.3 Å². The number of oxime groups is 1. The minimum Gasteiger partial charge on any atom is -0.409 e. The van der Waals surface area contributed by atoms with Crippen LogP contribution in [0.4, 0.5) is 0 Å². The van der Waals surface area contributed by atoms with Crippen molar-refractivity contribution in [1.82, 2.24) is 5.32 Å². The predicted octanol–water partition coefficient (Wildman–Crippen LogP) is 0.874. The fraction of sp³-hybridized carbons (Fsp3) is 0.800. The van der Waals surface area contributed by atoms with Crippen LogP contribution in [0.15, 0.2) is 5.16 Å². The van der Waals surface area contributed by atoms with E-state index in [1.807, 2.05) is 6.26 Å². The second-order valence-electron chi connectivity index (χ2n) is 4.38. The van der Waals surface area contributed by atoms with E-state index in [1.165, 1.54) is 0 Å². The highest BCUT2D eigenvalue weighted by atomic mass is 32.2. The Hall–Kier alpha value is -0.910. The van der Waals surface area contributed by atoms with Crippen LogP contribution in [0.25, 0.3) is 0 Å². The maximum Gasteiger partial charge on any atom is 0.233 e. The summed E-state index contributed by atoms with van der Waals surface area (Å²) in [6, 6.07) is 0. The second kappa shape index (κ2) is 6.62. The van der Waals surface area contributed by atoms with E-state index in [4.69, 9.17) is 10.9 Å². The molecule has 0 saturated heterocycles. The van der Waals surface area contributed by atoms with Gasteiger partial charge in [-0.2, -0.15) is 11.8 Å². The molecule has 0 rings (SSSR count). The number of nitrogens with two attached hydrogens (primary N) is 1. The van der Waals surface area contributed by atoms with Gasteiger partial charge in [-0.15, -0.1) is 0 Å². The minimum atomic E-state index is -0.978. The van der Waals surface area contributed by atoms with Gasteiger partial charge in [-0.1, -0.05) is 12.1 Å². The molecule has 0 spiro atoms. The number of amides is 1. The molecule has 0 heterocycles. The number of carbonyl (C=O) groups excluding carboxylic acids is 1. The van der Waals surface area contributed by atoms with Crippen LogP contribution < -0.4 is 11.1 Å². The van der Waals surface area contributed by atoms with Crippen molar-refractivity contribution in [2.75, 3.05) is 18.6 Å². The van der Waals surface area contributed by atoms with Crippen molar-refractivity contribution in [1.29, 1.82) is 0 Å². The van der Waals surface area contributed by atoms with Gasteiger partial charge < -0.3 is 16.3 Å². The number of rotatable bonds is 6. The highest BCUT2D eigenvalue weighted by molar-refractivity contribution is 7.98. The highest BCUT2D eigenvalue weighted by Crippen LogP contribution is 2.15. The smallest absolute Gasteiger partial charge is 0.233 e.